The third kappa shape index (κ3) is 2.21. The molecule has 0 spiro atoms. The Labute approximate surface area is 147 Å². The molecule has 2 heteroatoms. The first kappa shape index (κ1) is 16.8. The van der Waals surface area contributed by atoms with Crippen LogP contribution in [0.2, 0.25) is 0 Å². The summed E-state index contributed by atoms with van der Waals surface area (Å²) in [6.07, 6.45) is 12.9. The first-order chi connectivity index (χ1) is 11.4. The molecule has 0 aliphatic heterocycles. The van der Waals surface area contributed by atoms with Gasteiger partial charge in [-0.05, 0) is 86.9 Å². The van der Waals surface area contributed by atoms with E-state index >= 15 is 0 Å². The van der Waals surface area contributed by atoms with Gasteiger partial charge >= 0.3 is 0 Å². The maximum Gasteiger partial charge on any atom is 0.133 e. The summed E-state index contributed by atoms with van der Waals surface area (Å²) in [7, 11) is 1.87. The average molecular weight is 331 g/mol. The average Bonchev–Trinajstić information content (AvgIpc) is 2.91. The van der Waals surface area contributed by atoms with Crippen LogP contribution < -0.4 is 0 Å². The van der Waals surface area contributed by atoms with Crippen molar-refractivity contribution in [1.29, 1.82) is 0 Å². The van der Waals surface area contributed by atoms with Crippen LogP contribution in [0, 0.1) is 34.5 Å². The van der Waals surface area contributed by atoms with Gasteiger partial charge in [0.15, 0.2) is 0 Å². The third-order valence-electron chi connectivity index (χ3n) is 8.88. The first-order valence-corrected chi connectivity index (χ1v) is 10.1. The number of methoxy groups -OCH3 is 1. The van der Waals surface area contributed by atoms with E-state index in [-0.39, 0.29) is 5.41 Å². The highest BCUT2D eigenvalue weighted by Crippen LogP contribution is 2.66. The number of carbonyl (C=O) groups excluding carboxylic acids is 1. The molecule has 0 heterocycles. The molecule has 7 atom stereocenters. The summed E-state index contributed by atoms with van der Waals surface area (Å²) >= 11 is 0. The normalized spacial score (nSPS) is 50.5. The minimum atomic E-state index is 0.276. The Morgan fingerprint density at radius 1 is 1.12 bits per heavy atom. The van der Waals surface area contributed by atoms with Gasteiger partial charge in [-0.2, -0.15) is 0 Å². The summed E-state index contributed by atoms with van der Waals surface area (Å²) in [5.41, 5.74) is 2.36. The predicted molar refractivity (Wildman–Crippen MR) is 96.7 cm³/mol. The van der Waals surface area contributed by atoms with Gasteiger partial charge in [-0.1, -0.05) is 25.5 Å². The molecule has 24 heavy (non-hydrogen) atoms. The molecule has 2 nitrogen and oxygen atoms in total. The highest BCUT2D eigenvalue weighted by atomic mass is 16.5. The van der Waals surface area contributed by atoms with Crippen molar-refractivity contribution in [2.45, 2.75) is 78.2 Å². The van der Waals surface area contributed by atoms with Gasteiger partial charge in [0.25, 0.3) is 0 Å². The van der Waals surface area contributed by atoms with Crippen molar-refractivity contribution < 1.29 is 9.53 Å². The van der Waals surface area contributed by atoms with Crippen LogP contribution in [0.15, 0.2) is 11.6 Å². The van der Waals surface area contributed by atoms with Crippen LogP contribution in [0.5, 0.6) is 0 Å². The van der Waals surface area contributed by atoms with E-state index in [1.165, 1.54) is 38.5 Å². The van der Waals surface area contributed by atoms with Crippen LogP contribution in [0.3, 0.4) is 0 Å². The Morgan fingerprint density at radius 3 is 2.62 bits per heavy atom. The molecule has 3 saturated carbocycles. The molecule has 0 saturated heterocycles. The minimum Gasteiger partial charge on any atom is -0.381 e. The van der Waals surface area contributed by atoms with Gasteiger partial charge in [0, 0.05) is 13.0 Å². The van der Waals surface area contributed by atoms with Gasteiger partial charge in [0.1, 0.15) is 5.78 Å². The zero-order valence-electron chi connectivity index (χ0n) is 15.9. The monoisotopic (exact) mass is 330 g/mol. The molecule has 0 aromatic heterocycles. The third-order valence-corrected chi connectivity index (χ3v) is 8.88. The van der Waals surface area contributed by atoms with E-state index in [1.807, 2.05) is 14.0 Å². The summed E-state index contributed by atoms with van der Waals surface area (Å²) in [5, 5.41) is 0. The Balaban J connectivity index is 1.63. The number of ether oxygens (including phenoxy) is 1. The Morgan fingerprint density at radius 2 is 1.92 bits per heavy atom. The van der Waals surface area contributed by atoms with Crippen LogP contribution in [0.1, 0.15) is 72.1 Å². The Bertz CT molecular complexity index is 564. The van der Waals surface area contributed by atoms with Crippen LogP contribution in [0.4, 0.5) is 0 Å². The highest BCUT2D eigenvalue weighted by Gasteiger charge is 2.59. The lowest BCUT2D eigenvalue weighted by Gasteiger charge is -2.58. The van der Waals surface area contributed by atoms with Gasteiger partial charge in [-0.3, -0.25) is 4.79 Å². The van der Waals surface area contributed by atoms with Gasteiger partial charge in [-0.25, -0.2) is 0 Å². The van der Waals surface area contributed by atoms with E-state index < -0.39 is 0 Å². The standard InChI is InChI=1S/C22H34O2/c1-14(23)18-7-8-19-17-6-5-15-13-16(24-4)9-11-21(15,2)20(17)10-12-22(18,19)3/h5,16-20H,6-13H2,1-4H3/t16-,17+,18-,19+,20+,21+,22-/m1/s1. The fraction of sp³-hybridized carbons (Fsp3) is 0.864. The molecule has 0 radical (unpaired) electrons. The molecule has 3 fully saturated rings. The smallest absolute Gasteiger partial charge is 0.133 e. The van der Waals surface area contributed by atoms with E-state index in [1.54, 1.807) is 5.57 Å². The molecule has 0 aromatic rings. The molecule has 4 aliphatic rings. The topological polar surface area (TPSA) is 26.3 Å². The molecular weight excluding hydrogens is 296 g/mol. The lowest BCUT2D eigenvalue weighted by molar-refractivity contribution is -0.127. The summed E-state index contributed by atoms with van der Waals surface area (Å²) in [5.74, 6) is 3.17. The first-order valence-electron chi connectivity index (χ1n) is 10.1. The molecule has 0 N–H and O–H groups in total. The zero-order valence-corrected chi connectivity index (χ0v) is 15.9. The number of hydrogen-bond donors (Lipinski definition) is 0. The summed E-state index contributed by atoms with van der Waals surface area (Å²) < 4.78 is 5.67. The summed E-state index contributed by atoms with van der Waals surface area (Å²) in [6, 6.07) is 0. The largest absolute Gasteiger partial charge is 0.381 e. The summed E-state index contributed by atoms with van der Waals surface area (Å²) in [6.45, 7) is 6.81. The van der Waals surface area contributed by atoms with E-state index in [9.17, 15) is 4.79 Å². The molecule has 134 valence electrons. The van der Waals surface area contributed by atoms with Crippen molar-refractivity contribution in [2.75, 3.05) is 7.11 Å². The molecular formula is C22H34O2. The predicted octanol–water partition coefficient (Wildman–Crippen LogP) is 5.17. The van der Waals surface area contributed by atoms with Crippen molar-refractivity contribution in [3.8, 4) is 0 Å². The molecule has 0 amide bonds. The number of carbonyl (C=O) groups is 1. The van der Waals surface area contributed by atoms with Crippen molar-refractivity contribution in [2.24, 2.45) is 34.5 Å². The van der Waals surface area contributed by atoms with Crippen LogP contribution in [0.25, 0.3) is 0 Å². The van der Waals surface area contributed by atoms with Gasteiger partial charge < -0.3 is 4.74 Å². The number of hydrogen-bond acceptors (Lipinski definition) is 2. The van der Waals surface area contributed by atoms with Crippen LogP contribution in [-0.4, -0.2) is 19.0 Å². The lowest BCUT2D eigenvalue weighted by atomic mass is 9.47. The zero-order chi connectivity index (χ0) is 17.1. The van der Waals surface area contributed by atoms with Crippen molar-refractivity contribution in [3.05, 3.63) is 11.6 Å². The van der Waals surface area contributed by atoms with Gasteiger partial charge in [-0.15, -0.1) is 0 Å². The van der Waals surface area contributed by atoms with E-state index in [0.29, 0.717) is 23.2 Å². The number of fused-ring (bicyclic) bond motifs is 5. The lowest BCUT2D eigenvalue weighted by Crippen LogP contribution is -2.51. The van der Waals surface area contributed by atoms with Crippen molar-refractivity contribution >= 4 is 5.78 Å². The maximum atomic E-state index is 12.2. The molecule has 4 rings (SSSR count). The second-order valence-electron chi connectivity index (χ2n) is 9.64. The van der Waals surface area contributed by atoms with E-state index in [0.717, 1.165) is 30.6 Å². The second kappa shape index (κ2) is 5.69. The number of rotatable bonds is 2. The molecule has 4 aliphatic carbocycles. The van der Waals surface area contributed by atoms with Crippen molar-refractivity contribution in [3.63, 3.8) is 0 Å². The second-order valence-corrected chi connectivity index (χ2v) is 9.64. The fourth-order valence-electron chi connectivity index (χ4n) is 7.50. The number of ketones is 1. The van der Waals surface area contributed by atoms with E-state index in [2.05, 4.69) is 19.9 Å². The summed E-state index contributed by atoms with van der Waals surface area (Å²) in [4.78, 5) is 12.2. The van der Waals surface area contributed by atoms with Crippen molar-refractivity contribution in [1.82, 2.24) is 0 Å². The fourth-order valence-corrected chi connectivity index (χ4v) is 7.50. The van der Waals surface area contributed by atoms with Crippen LogP contribution >= 0.6 is 0 Å². The number of Topliss-reactive ketones (excluding diaryl/α,β-unsaturated/α-hetero) is 1. The van der Waals surface area contributed by atoms with Crippen LogP contribution in [-0.2, 0) is 9.53 Å². The molecule has 0 aromatic carbocycles. The van der Waals surface area contributed by atoms with Gasteiger partial charge in [0.05, 0.1) is 6.10 Å². The maximum absolute atomic E-state index is 12.2. The Kier molecular flexibility index (Phi) is 3.99. The quantitative estimate of drug-likeness (QED) is 0.653. The van der Waals surface area contributed by atoms with E-state index in [4.69, 9.17) is 4.74 Å². The van der Waals surface area contributed by atoms with Gasteiger partial charge in [0.2, 0.25) is 0 Å². The molecule has 0 bridgehead atoms. The highest BCUT2D eigenvalue weighted by molar-refractivity contribution is 5.79. The molecule has 0 unspecified atom stereocenters. The SMILES string of the molecule is CO[C@@H]1CC[C@@]2(C)C(=CC[C@H]3[C@@H]4CC[C@H](C(C)=O)[C@@]4(C)CC[C@@H]32)C1. The minimum absolute atomic E-state index is 0.276. The Hall–Kier alpha value is -0.630. The number of allylic oxidation sites excluding steroid dienone is 1.